The highest BCUT2D eigenvalue weighted by Crippen LogP contribution is 2.22. The Morgan fingerprint density at radius 2 is 2.00 bits per heavy atom. The Labute approximate surface area is 85.7 Å². The zero-order chi connectivity index (χ0) is 11.6. The summed E-state index contributed by atoms with van der Waals surface area (Å²) >= 11 is 0. The van der Waals surface area contributed by atoms with Crippen LogP contribution in [-0.2, 0) is 10.3 Å². The first-order valence-electron chi connectivity index (χ1n) is 4.29. The van der Waals surface area contributed by atoms with E-state index in [0.717, 1.165) is 12.1 Å². The van der Waals surface area contributed by atoms with Crippen LogP contribution in [0.15, 0.2) is 18.2 Å². The minimum atomic E-state index is -1.42. The van der Waals surface area contributed by atoms with Crippen LogP contribution in [0, 0.1) is 11.6 Å². The largest absolute Gasteiger partial charge is 0.480 e. The summed E-state index contributed by atoms with van der Waals surface area (Å²) in [5.41, 5.74) is -1.26. The number of halogens is 2. The molecule has 15 heavy (non-hydrogen) atoms. The number of carboxylic acids is 1. The minimum Gasteiger partial charge on any atom is -0.480 e. The van der Waals surface area contributed by atoms with Crippen molar-refractivity contribution in [3.63, 3.8) is 0 Å². The molecule has 1 atom stereocenters. The average molecular weight is 215 g/mol. The van der Waals surface area contributed by atoms with Gasteiger partial charge in [-0.3, -0.25) is 0 Å². The maximum atomic E-state index is 12.9. The van der Waals surface area contributed by atoms with Crippen LogP contribution in [0.1, 0.15) is 12.5 Å². The third-order valence-corrected chi connectivity index (χ3v) is 2.42. The molecule has 1 aromatic rings. The first kappa shape index (κ1) is 11.6. The number of carboxylic acid groups (broad SMARTS) is 1. The van der Waals surface area contributed by atoms with Crippen molar-refractivity contribution in [2.45, 2.75) is 12.5 Å². The lowest BCUT2D eigenvalue weighted by molar-refractivity contribution is -0.144. The van der Waals surface area contributed by atoms with Crippen LogP contribution in [0.3, 0.4) is 0 Å². The molecule has 2 N–H and O–H groups in total. The number of nitrogens with one attached hydrogen (secondary N) is 1. The van der Waals surface area contributed by atoms with E-state index in [1.54, 1.807) is 0 Å². The van der Waals surface area contributed by atoms with Gasteiger partial charge in [0, 0.05) is 0 Å². The second-order valence-electron chi connectivity index (χ2n) is 3.31. The topological polar surface area (TPSA) is 49.3 Å². The van der Waals surface area contributed by atoms with Crippen molar-refractivity contribution < 1.29 is 18.7 Å². The molecular formula is C10H11F2NO2. The number of carbonyl (C=O) groups is 1. The summed E-state index contributed by atoms with van der Waals surface area (Å²) in [5.74, 6) is -3.21. The number of hydrogen-bond acceptors (Lipinski definition) is 2. The highest BCUT2D eigenvalue weighted by molar-refractivity contribution is 5.80. The second-order valence-corrected chi connectivity index (χ2v) is 3.31. The van der Waals surface area contributed by atoms with Gasteiger partial charge in [-0.05, 0) is 31.7 Å². The van der Waals surface area contributed by atoms with Crippen molar-refractivity contribution >= 4 is 5.97 Å². The maximum Gasteiger partial charge on any atom is 0.328 e. The zero-order valence-corrected chi connectivity index (χ0v) is 8.34. The van der Waals surface area contributed by atoms with Crippen LogP contribution in [0.2, 0.25) is 0 Å². The molecule has 0 aromatic heterocycles. The van der Waals surface area contributed by atoms with E-state index < -0.39 is 23.1 Å². The van der Waals surface area contributed by atoms with Gasteiger partial charge in [-0.1, -0.05) is 6.07 Å². The molecule has 0 amide bonds. The molecule has 0 aliphatic heterocycles. The predicted molar refractivity (Wildman–Crippen MR) is 50.4 cm³/mol. The van der Waals surface area contributed by atoms with Crippen LogP contribution in [0.25, 0.3) is 0 Å². The van der Waals surface area contributed by atoms with Gasteiger partial charge >= 0.3 is 5.97 Å². The van der Waals surface area contributed by atoms with Gasteiger partial charge in [0.1, 0.15) is 5.54 Å². The zero-order valence-electron chi connectivity index (χ0n) is 8.34. The highest BCUT2D eigenvalue weighted by atomic mass is 19.2. The summed E-state index contributed by atoms with van der Waals surface area (Å²) in [4.78, 5) is 11.0. The van der Waals surface area contributed by atoms with Gasteiger partial charge in [0.25, 0.3) is 0 Å². The van der Waals surface area contributed by atoms with Crippen LogP contribution in [0.4, 0.5) is 8.78 Å². The Hall–Kier alpha value is -1.49. The smallest absolute Gasteiger partial charge is 0.328 e. The number of rotatable bonds is 3. The fourth-order valence-corrected chi connectivity index (χ4v) is 1.18. The number of aliphatic carboxylic acids is 1. The third kappa shape index (κ3) is 1.97. The lowest BCUT2D eigenvalue weighted by Crippen LogP contribution is -2.44. The molecule has 0 aliphatic rings. The average Bonchev–Trinajstić information content (AvgIpc) is 2.20. The van der Waals surface area contributed by atoms with E-state index >= 15 is 0 Å². The standard InChI is InChI=1S/C10H11F2NO2/c1-10(13-2,9(14)15)6-3-4-7(11)8(12)5-6/h3-5,13H,1-2H3,(H,14,15)/t10-/m1/s1. The molecule has 5 heteroatoms. The van der Waals surface area contributed by atoms with Gasteiger partial charge in [-0.25, -0.2) is 13.6 Å². The Kier molecular flexibility index (Phi) is 3.04. The third-order valence-electron chi connectivity index (χ3n) is 2.42. The minimum absolute atomic E-state index is 0.163. The van der Waals surface area contributed by atoms with E-state index in [4.69, 9.17) is 5.11 Å². The van der Waals surface area contributed by atoms with Crippen molar-refractivity contribution in [1.29, 1.82) is 0 Å². The summed E-state index contributed by atoms with van der Waals surface area (Å²) < 4.78 is 25.6. The molecule has 1 rings (SSSR count). The molecule has 0 heterocycles. The number of benzene rings is 1. The quantitative estimate of drug-likeness (QED) is 0.803. The SMILES string of the molecule is CN[C@@](C)(C(=O)O)c1ccc(F)c(F)c1. The van der Waals surface area contributed by atoms with Crippen molar-refractivity contribution in [1.82, 2.24) is 5.32 Å². The van der Waals surface area contributed by atoms with Gasteiger partial charge < -0.3 is 10.4 Å². The molecule has 0 aliphatic carbocycles. The van der Waals surface area contributed by atoms with Crippen LogP contribution in [0.5, 0.6) is 0 Å². The number of hydrogen-bond donors (Lipinski definition) is 2. The van der Waals surface area contributed by atoms with E-state index in [2.05, 4.69) is 5.32 Å². The molecule has 3 nitrogen and oxygen atoms in total. The Balaban J connectivity index is 3.25. The van der Waals surface area contributed by atoms with Gasteiger partial charge in [0.05, 0.1) is 0 Å². The molecule has 0 spiro atoms. The van der Waals surface area contributed by atoms with E-state index in [-0.39, 0.29) is 5.56 Å². The molecule has 0 fully saturated rings. The summed E-state index contributed by atoms with van der Waals surface area (Å²) in [6.45, 7) is 1.38. The number of likely N-dealkylation sites (N-methyl/N-ethyl adjacent to an activating group) is 1. The molecule has 1 aromatic carbocycles. The molecule has 82 valence electrons. The second kappa shape index (κ2) is 3.94. The Bertz CT molecular complexity index is 395. The Morgan fingerprint density at radius 1 is 1.40 bits per heavy atom. The molecule has 0 bridgehead atoms. The van der Waals surface area contributed by atoms with Gasteiger partial charge in [-0.2, -0.15) is 0 Å². The summed E-state index contributed by atoms with van der Waals surface area (Å²) in [6.07, 6.45) is 0. The van der Waals surface area contributed by atoms with E-state index in [1.165, 1.54) is 20.0 Å². The molecule has 0 radical (unpaired) electrons. The van der Waals surface area contributed by atoms with Crippen molar-refractivity contribution in [2.24, 2.45) is 0 Å². The molecule has 0 unspecified atom stereocenters. The van der Waals surface area contributed by atoms with Crippen molar-refractivity contribution in [3.05, 3.63) is 35.4 Å². The Morgan fingerprint density at radius 3 is 2.40 bits per heavy atom. The first-order chi connectivity index (χ1) is 6.91. The normalized spacial score (nSPS) is 14.7. The van der Waals surface area contributed by atoms with Crippen LogP contribution < -0.4 is 5.32 Å². The van der Waals surface area contributed by atoms with Crippen molar-refractivity contribution in [3.8, 4) is 0 Å². The lowest BCUT2D eigenvalue weighted by atomic mass is 9.92. The van der Waals surface area contributed by atoms with E-state index in [0.29, 0.717) is 0 Å². The summed E-state index contributed by atoms with van der Waals surface area (Å²) in [5, 5.41) is 11.5. The fraction of sp³-hybridized carbons (Fsp3) is 0.300. The van der Waals surface area contributed by atoms with Gasteiger partial charge in [0.15, 0.2) is 11.6 Å². The molecule has 0 saturated carbocycles. The predicted octanol–water partition coefficient (Wildman–Crippen LogP) is 1.48. The van der Waals surface area contributed by atoms with Crippen molar-refractivity contribution in [2.75, 3.05) is 7.05 Å². The summed E-state index contributed by atoms with van der Waals surface area (Å²) in [6, 6.07) is 3.02. The fourth-order valence-electron chi connectivity index (χ4n) is 1.18. The van der Waals surface area contributed by atoms with Crippen LogP contribution >= 0.6 is 0 Å². The molecular weight excluding hydrogens is 204 g/mol. The lowest BCUT2D eigenvalue weighted by Gasteiger charge is -2.24. The van der Waals surface area contributed by atoms with Gasteiger partial charge in [-0.15, -0.1) is 0 Å². The molecule has 0 saturated heterocycles. The monoisotopic (exact) mass is 215 g/mol. The summed E-state index contributed by atoms with van der Waals surface area (Å²) in [7, 11) is 1.44. The van der Waals surface area contributed by atoms with E-state index in [9.17, 15) is 13.6 Å². The van der Waals surface area contributed by atoms with E-state index in [1.807, 2.05) is 0 Å². The first-order valence-corrected chi connectivity index (χ1v) is 4.29. The van der Waals surface area contributed by atoms with Crippen LogP contribution in [-0.4, -0.2) is 18.1 Å². The van der Waals surface area contributed by atoms with Gasteiger partial charge in [0.2, 0.25) is 0 Å². The maximum absolute atomic E-state index is 12.9. The highest BCUT2D eigenvalue weighted by Gasteiger charge is 2.33.